The van der Waals surface area contributed by atoms with E-state index in [0.717, 1.165) is 25.3 Å². The molecule has 1 aliphatic carbocycles. The summed E-state index contributed by atoms with van der Waals surface area (Å²) < 4.78 is 29.2. The molecule has 0 aliphatic heterocycles. The molecule has 7 nitrogen and oxygen atoms in total. The van der Waals surface area contributed by atoms with Crippen LogP contribution in [0.4, 0.5) is 14.6 Å². The number of nitrogens with two attached hydrogens (primary N) is 1. The van der Waals surface area contributed by atoms with E-state index in [1.165, 1.54) is 24.3 Å². The molecule has 1 amide bonds. The highest BCUT2D eigenvalue weighted by Gasteiger charge is 2.24. The average Bonchev–Trinajstić information content (AvgIpc) is 2.82. The molecule has 1 aromatic heterocycles. The lowest BCUT2D eigenvalue weighted by Crippen LogP contribution is -2.31. The zero-order valence-corrected chi connectivity index (χ0v) is 20.3. The van der Waals surface area contributed by atoms with Crippen LogP contribution in [0.2, 0.25) is 0 Å². The second-order valence-electron chi connectivity index (χ2n) is 8.65. The Morgan fingerprint density at radius 1 is 1.23 bits per heavy atom. The van der Waals surface area contributed by atoms with Crippen LogP contribution >= 0.6 is 15.9 Å². The Morgan fingerprint density at radius 2 is 2.03 bits per heavy atom. The standard InChI is InChI=1S/C25H25BrF2N4O3/c26-16-6-15(7-17(27)10-16)22(12-33)32-25(35)19-5-4-14(9-20(19)28)23-24(29)30-11-21(31-23)13-2-1-3-18(34)8-13/h4-7,9-11,13,18,22,33-34H,1-3,8,12H2,(H2,29,30)(H,32,35)/t13-,18+,22-/m1/s1. The molecule has 2 aromatic carbocycles. The number of rotatable bonds is 6. The summed E-state index contributed by atoms with van der Waals surface area (Å²) in [5.41, 5.74) is 7.43. The molecule has 1 heterocycles. The lowest BCUT2D eigenvalue weighted by atomic mass is 9.85. The van der Waals surface area contributed by atoms with Crippen LogP contribution in [0.25, 0.3) is 11.3 Å². The number of halogens is 3. The van der Waals surface area contributed by atoms with Crippen molar-refractivity contribution in [2.75, 3.05) is 12.3 Å². The van der Waals surface area contributed by atoms with Crippen LogP contribution in [0.5, 0.6) is 0 Å². The number of hydrogen-bond donors (Lipinski definition) is 4. The van der Waals surface area contributed by atoms with Crippen molar-refractivity contribution in [3.05, 3.63) is 75.5 Å². The molecule has 184 valence electrons. The zero-order valence-electron chi connectivity index (χ0n) is 18.7. The summed E-state index contributed by atoms with van der Waals surface area (Å²) in [5.74, 6) is -1.95. The summed E-state index contributed by atoms with van der Waals surface area (Å²) in [4.78, 5) is 21.5. The minimum absolute atomic E-state index is 0.0405. The number of aliphatic hydroxyl groups excluding tert-OH is 2. The zero-order chi connectivity index (χ0) is 25.1. The van der Waals surface area contributed by atoms with Gasteiger partial charge in [0.1, 0.15) is 23.1 Å². The van der Waals surface area contributed by atoms with Crippen LogP contribution in [0, 0.1) is 11.6 Å². The number of carbonyl (C=O) groups excluding carboxylic acids is 1. The third kappa shape index (κ3) is 5.83. The van der Waals surface area contributed by atoms with Crippen molar-refractivity contribution < 1.29 is 23.8 Å². The highest BCUT2D eigenvalue weighted by molar-refractivity contribution is 9.10. The molecular weight excluding hydrogens is 522 g/mol. The molecule has 0 spiro atoms. The Kier molecular flexibility index (Phi) is 7.73. The maximum Gasteiger partial charge on any atom is 0.254 e. The maximum atomic E-state index is 15.0. The van der Waals surface area contributed by atoms with Crippen LogP contribution in [-0.2, 0) is 0 Å². The number of nitrogens with one attached hydrogen (secondary N) is 1. The minimum Gasteiger partial charge on any atom is -0.394 e. The Bertz CT molecular complexity index is 1220. The molecule has 0 bridgehead atoms. The third-order valence-electron chi connectivity index (χ3n) is 6.15. The van der Waals surface area contributed by atoms with Gasteiger partial charge in [-0.15, -0.1) is 0 Å². The average molecular weight is 547 g/mol. The van der Waals surface area contributed by atoms with E-state index in [2.05, 4.69) is 31.2 Å². The number of carbonyl (C=O) groups is 1. The molecule has 0 saturated heterocycles. The van der Waals surface area contributed by atoms with Crippen LogP contribution < -0.4 is 11.1 Å². The van der Waals surface area contributed by atoms with E-state index < -0.39 is 30.2 Å². The molecule has 3 aromatic rings. The number of amides is 1. The fourth-order valence-corrected chi connectivity index (χ4v) is 4.83. The molecule has 0 radical (unpaired) electrons. The summed E-state index contributed by atoms with van der Waals surface area (Å²) in [6.07, 6.45) is 4.29. The number of nitrogen functional groups attached to an aromatic ring is 1. The SMILES string of the molecule is Nc1ncc([C@@H]2CCC[C@H](O)C2)nc1-c1ccc(C(=O)N[C@H](CO)c2cc(F)cc(Br)c2)c(F)c1. The van der Waals surface area contributed by atoms with Crippen molar-refractivity contribution in [1.29, 1.82) is 0 Å². The topological polar surface area (TPSA) is 121 Å². The largest absolute Gasteiger partial charge is 0.394 e. The van der Waals surface area contributed by atoms with Gasteiger partial charge in [0.05, 0.1) is 36.2 Å². The summed E-state index contributed by atoms with van der Waals surface area (Å²) in [5, 5.41) is 22.2. The second kappa shape index (κ2) is 10.8. The first kappa shape index (κ1) is 25.2. The second-order valence-corrected chi connectivity index (χ2v) is 9.57. The highest BCUT2D eigenvalue weighted by atomic mass is 79.9. The first-order valence-electron chi connectivity index (χ1n) is 11.2. The fourth-order valence-electron chi connectivity index (χ4n) is 4.35. The molecule has 1 aliphatic rings. The predicted octanol–water partition coefficient (Wildman–Crippen LogP) is 4.25. The van der Waals surface area contributed by atoms with Crippen molar-refractivity contribution in [1.82, 2.24) is 15.3 Å². The van der Waals surface area contributed by atoms with Gasteiger partial charge in [-0.2, -0.15) is 0 Å². The van der Waals surface area contributed by atoms with Gasteiger partial charge >= 0.3 is 0 Å². The van der Waals surface area contributed by atoms with Gasteiger partial charge in [-0.05, 0) is 55.2 Å². The summed E-state index contributed by atoms with van der Waals surface area (Å²) in [7, 11) is 0. The van der Waals surface area contributed by atoms with E-state index in [9.17, 15) is 23.8 Å². The van der Waals surface area contributed by atoms with Gasteiger partial charge in [0.2, 0.25) is 0 Å². The molecule has 0 unspecified atom stereocenters. The van der Waals surface area contributed by atoms with Gasteiger partial charge in [-0.3, -0.25) is 4.79 Å². The molecule has 1 fully saturated rings. The number of aromatic nitrogens is 2. The van der Waals surface area contributed by atoms with Crippen molar-refractivity contribution in [3.63, 3.8) is 0 Å². The van der Waals surface area contributed by atoms with Gasteiger partial charge < -0.3 is 21.3 Å². The first-order chi connectivity index (χ1) is 16.7. The number of aliphatic hydroxyl groups is 2. The van der Waals surface area contributed by atoms with E-state index in [4.69, 9.17) is 5.73 Å². The quantitative estimate of drug-likeness (QED) is 0.366. The normalized spacial score (nSPS) is 18.8. The first-order valence-corrected chi connectivity index (χ1v) is 12.0. The molecule has 5 N–H and O–H groups in total. The Morgan fingerprint density at radius 3 is 2.71 bits per heavy atom. The van der Waals surface area contributed by atoms with Crippen LogP contribution in [0.15, 0.2) is 47.1 Å². The lowest BCUT2D eigenvalue weighted by molar-refractivity contribution is 0.0912. The van der Waals surface area contributed by atoms with Crippen molar-refractivity contribution in [3.8, 4) is 11.3 Å². The lowest BCUT2D eigenvalue weighted by Gasteiger charge is -2.25. The summed E-state index contributed by atoms with van der Waals surface area (Å²) in [6, 6.07) is 7.03. The van der Waals surface area contributed by atoms with Crippen molar-refractivity contribution in [2.24, 2.45) is 0 Å². The molecule has 10 heteroatoms. The van der Waals surface area contributed by atoms with E-state index >= 15 is 0 Å². The Labute approximate surface area is 209 Å². The minimum atomic E-state index is -0.933. The molecular formula is C25H25BrF2N4O3. The molecule has 1 saturated carbocycles. The highest BCUT2D eigenvalue weighted by Crippen LogP contribution is 2.34. The molecule has 35 heavy (non-hydrogen) atoms. The van der Waals surface area contributed by atoms with E-state index in [-0.39, 0.29) is 23.4 Å². The smallest absolute Gasteiger partial charge is 0.254 e. The maximum absolute atomic E-state index is 15.0. The Hall–Kier alpha value is -2.95. The third-order valence-corrected chi connectivity index (χ3v) is 6.60. The number of benzene rings is 2. The molecule has 4 rings (SSSR count). The predicted molar refractivity (Wildman–Crippen MR) is 130 cm³/mol. The monoisotopic (exact) mass is 546 g/mol. The summed E-state index contributed by atoms with van der Waals surface area (Å²) >= 11 is 3.17. The van der Waals surface area contributed by atoms with E-state index in [0.29, 0.717) is 33.4 Å². The fraction of sp³-hybridized carbons (Fsp3) is 0.320. The van der Waals surface area contributed by atoms with Crippen molar-refractivity contribution >= 4 is 27.7 Å². The van der Waals surface area contributed by atoms with Gasteiger partial charge in [-0.25, -0.2) is 18.7 Å². The van der Waals surface area contributed by atoms with Gasteiger partial charge in [-0.1, -0.05) is 28.4 Å². The van der Waals surface area contributed by atoms with Crippen LogP contribution in [-0.4, -0.2) is 38.8 Å². The summed E-state index contributed by atoms with van der Waals surface area (Å²) in [6.45, 7) is -0.504. The Balaban J connectivity index is 1.56. The number of nitrogens with zero attached hydrogens (tertiary/aromatic N) is 2. The number of anilines is 1. The van der Waals surface area contributed by atoms with Gasteiger partial charge in [0.15, 0.2) is 0 Å². The molecule has 3 atom stereocenters. The van der Waals surface area contributed by atoms with E-state index in [1.54, 1.807) is 12.3 Å². The van der Waals surface area contributed by atoms with E-state index in [1.807, 2.05) is 0 Å². The van der Waals surface area contributed by atoms with Crippen LogP contribution in [0.3, 0.4) is 0 Å². The number of hydrogen-bond acceptors (Lipinski definition) is 6. The van der Waals surface area contributed by atoms with Crippen LogP contribution in [0.1, 0.15) is 59.3 Å². The van der Waals surface area contributed by atoms with Gasteiger partial charge in [0, 0.05) is 16.0 Å². The van der Waals surface area contributed by atoms with Crippen molar-refractivity contribution in [2.45, 2.75) is 43.7 Å². The van der Waals surface area contributed by atoms with Gasteiger partial charge in [0.25, 0.3) is 5.91 Å².